The number of nitrogens with one attached hydrogen (secondary N) is 1. The summed E-state index contributed by atoms with van der Waals surface area (Å²) in [6, 6.07) is 5.19. The van der Waals surface area contributed by atoms with E-state index in [1.807, 2.05) is 25.1 Å². The van der Waals surface area contributed by atoms with Crippen LogP contribution >= 0.6 is 24.0 Å². The second-order valence-corrected chi connectivity index (χ2v) is 8.98. The van der Waals surface area contributed by atoms with E-state index in [0.717, 1.165) is 24.4 Å². The minimum Gasteiger partial charge on any atom is -0.370 e. The van der Waals surface area contributed by atoms with Crippen molar-refractivity contribution in [2.75, 3.05) is 33.0 Å². The maximum Gasteiger partial charge on any atom is 0.214 e. The Kier molecular flexibility index (Phi) is 7.10. The van der Waals surface area contributed by atoms with E-state index in [4.69, 9.17) is 11.6 Å². The number of aromatic nitrogens is 3. The smallest absolute Gasteiger partial charge is 0.214 e. The third kappa shape index (κ3) is 4.48. The molecule has 158 valence electrons. The molecule has 0 spiro atoms. The number of halogens is 3. The lowest BCUT2D eigenvalue weighted by atomic mass is 10.2. The van der Waals surface area contributed by atoms with Gasteiger partial charge in [-0.3, -0.25) is 0 Å². The minimum absolute atomic E-state index is 0. The number of sulfone groups is 1. The van der Waals surface area contributed by atoms with Gasteiger partial charge in [0, 0.05) is 31.4 Å². The average molecular weight is 462 g/mol. The number of rotatable bonds is 6. The molecule has 0 saturated heterocycles. The summed E-state index contributed by atoms with van der Waals surface area (Å²) in [4.78, 5) is 6.27. The molecule has 0 fully saturated rings. The molecule has 0 aliphatic heterocycles. The molecule has 7 nitrogen and oxygen atoms in total. The van der Waals surface area contributed by atoms with E-state index in [0.29, 0.717) is 12.1 Å². The number of anilines is 1. The fourth-order valence-corrected chi connectivity index (χ4v) is 4.65. The van der Waals surface area contributed by atoms with Crippen LogP contribution in [0, 0.1) is 12.7 Å². The number of aryl methyl sites for hydroxylation is 1. The molecule has 0 atom stereocenters. The summed E-state index contributed by atoms with van der Waals surface area (Å²) in [5.41, 5.74) is 1.74. The van der Waals surface area contributed by atoms with Gasteiger partial charge in [-0.25, -0.2) is 22.3 Å². The van der Waals surface area contributed by atoms with E-state index in [-0.39, 0.29) is 38.7 Å². The number of hydrogen-bond donors (Lipinski definition) is 1. The summed E-state index contributed by atoms with van der Waals surface area (Å²) in [5, 5.41) is 6.99. The molecule has 3 aromatic rings. The third-order valence-electron chi connectivity index (χ3n) is 4.27. The van der Waals surface area contributed by atoms with Crippen LogP contribution in [0.4, 0.5) is 10.2 Å². The van der Waals surface area contributed by atoms with Gasteiger partial charge >= 0.3 is 0 Å². The predicted molar refractivity (Wildman–Crippen MR) is 114 cm³/mol. The molecular formula is C18H22Cl2FN5O2S. The second kappa shape index (κ2) is 8.83. The minimum atomic E-state index is -4.04. The van der Waals surface area contributed by atoms with Gasteiger partial charge < -0.3 is 10.2 Å². The second-order valence-electron chi connectivity index (χ2n) is 6.68. The van der Waals surface area contributed by atoms with Crippen LogP contribution in [0.25, 0.3) is 5.65 Å². The molecule has 0 saturated carbocycles. The molecule has 1 N–H and O–H groups in total. The van der Waals surface area contributed by atoms with Gasteiger partial charge in [-0.15, -0.1) is 17.5 Å². The maximum absolute atomic E-state index is 13.5. The summed E-state index contributed by atoms with van der Waals surface area (Å²) < 4.78 is 41.7. The van der Waals surface area contributed by atoms with Crippen LogP contribution in [-0.2, 0) is 16.3 Å². The number of nitrogens with zero attached hydrogens (tertiary/aromatic N) is 4. The monoisotopic (exact) mass is 461 g/mol. The zero-order chi connectivity index (χ0) is 20.6. The number of likely N-dealkylation sites (N-methyl/N-ethyl adjacent to an activating group) is 1. The van der Waals surface area contributed by atoms with E-state index < -0.39 is 15.7 Å². The van der Waals surface area contributed by atoms with Crippen molar-refractivity contribution >= 4 is 45.3 Å². The van der Waals surface area contributed by atoms with Crippen molar-refractivity contribution in [1.82, 2.24) is 19.5 Å². The topological polar surface area (TPSA) is 79.6 Å². The highest BCUT2D eigenvalue weighted by molar-refractivity contribution is 7.91. The van der Waals surface area contributed by atoms with Gasteiger partial charge in [0.1, 0.15) is 5.82 Å². The van der Waals surface area contributed by atoms with Gasteiger partial charge in [0.05, 0.1) is 9.92 Å². The maximum atomic E-state index is 13.5. The first kappa shape index (κ1) is 23.3. The van der Waals surface area contributed by atoms with Crippen molar-refractivity contribution in [3.63, 3.8) is 0 Å². The van der Waals surface area contributed by atoms with Crippen molar-refractivity contribution in [3.8, 4) is 0 Å². The largest absolute Gasteiger partial charge is 0.370 e. The van der Waals surface area contributed by atoms with Crippen molar-refractivity contribution in [1.29, 1.82) is 0 Å². The predicted octanol–water partition coefficient (Wildman–Crippen LogP) is 3.23. The zero-order valence-corrected chi connectivity index (χ0v) is 18.8. The molecule has 0 radical (unpaired) electrons. The summed E-state index contributed by atoms with van der Waals surface area (Å²) >= 11 is 5.80. The Balaban J connectivity index is 0.00000300. The number of benzene rings is 1. The molecule has 0 amide bonds. The Bertz CT molecular complexity index is 1150. The van der Waals surface area contributed by atoms with Gasteiger partial charge in [-0.2, -0.15) is 0 Å². The van der Waals surface area contributed by atoms with E-state index in [1.54, 1.807) is 18.5 Å². The highest BCUT2D eigenvalue weighted by Crippen LogP contribution is 2.32. The van der Waals surface area contributed by atoms with Gasteiger partial charge in [-0.05, 0) is 45.3 Å². The standard InChI is InChI=1S/C18H21ClFN5O2S.ClH/c1-11-9-12(7-8-24(3)4)25-18(22-11)16(17(21-2)23-25)28(26,27)13-5-6-15(20)14(19)10-13;/h5-6,9-10H,7-8H2,1-4H3,(H,21,23);1H. The normalized spacial score (nSPS) is 11.7. The zero-order valence-electron chi connectivity index (χ0n) is 16.4. The van der Waals surface area contributed by atoms with Gasteiger partial charge in [0.25, 0.3) is 0 Å². The lowest BCUT2D eigenvalue weighted by molar-refractivity contribution is 0.410. The Morgan fingerprint density at radius 1 is 1.28 bits per heavy atom. The fraction of sp³-hybridized carbons (Fsp3) is 0.333. The summed E-state index contributed by atoms with van der Waals surface area (Å²) in [5.74, 6) is -0.515. The lowest BCUT2D eigenvalue weighted by Gasteiger charge is -2.11. The molecule has 0 aliphatic rings. The Labute approximate surface area is 180 Å². The van der Waals surface area contributed by atoms with Gasteiger partial charge in [-0.1, -0.05) is 11.6 Å². The van der Waals surface area contributed by atoms with Crippen LogP contribution in [0.2, 0.25) is 5.02 Å². The molecule has 1 aromatic carbocycles. The van der Waals surface area contributed by atoms with Crippen molar-refractivity contribution < 1.29 is 12.8 Å². The van der Waals surface area contributed by atoms with E-state index in [2.05, 4.69) is 15.4 Å². The van der Waals surface area contributed by atoms with Crippen LogP contribution in [0.1, 0.15) is 11.4 Å². The SMILES string of the molecule is CNc1nn2c(CCN(C)C)cc(C)nc2c1S(=O)(=O)c1ccc(F)c(Cl)c1.Cl. The fourth-order valence-electron chi connectivity index (χ4n) is 2.88. The molecule has 2 heterocycles. The Morgan fingerprint density at radius 3 is 2.55 bits per heavy atom. The molecule has 29 heavy (non-hydrogen) atoms. The van der Waals surface area contributed by atoms with Crippen LogP contribution in [-0.4, -0.2) is 55.6 Å². The lowest BCUT2D eigenvalue weighted by Crippen LogP contribution is -2.17. The summed E-state index contributed by atoms with van der Waals surface area (Å²) in [6.07, 6.45) is 0.666. The third-order valence-corrected chi connectivity index (χ3v) is 6.35. The van der Waals surface area contributed by atoms with Gasteiger partial charge in [0.2, 0.25) is 9.84 Å². The Morgan fingerprint density at radius 2 is 1.97 bits per heavy atom. The van der Waals surface area contributed by atoms with E-state index in [1.165, 1.54) is 6.07 Å². The highest BCUT2D eigenvalue weighted by Gasteiger charge is 2.30. The molecule has 0 aliphatic carbocycles. The van der Waals surface area contributed by atoms with Crippen molar-refractivity contribution in [2.24, 2.45) is 0 Å². The quantitative estimate of drug-likeness (QED) is 0.567. The number of fused-ring (bicyclic) bond motifs is 1. The number of hydrogen-bond acceptors (Lipinski definition) is 6. The average Bonchev–Trinajstić information content (AvgIpc) is 3.00. The van der Waals surface area contributed by atoms with Crippen molar-refractivity contribution in [3.05, 3.63) is 46.5 Å². The summed E-state index contributed by atoms with van der Waals surface area (Å²) in [7, 11) is 1.47. The van der Waals surface area contributed by atoms with E-state index >= 15 is 0 Å². The first-order valence-electron chi connectivity index (χ1n) is 8.57. The first-order valence-corrected chi connectivity index (χ1v) is 10.4. The molecule has 3 rings (SSSR count). The molecular weight excluding hydrogens is 440 g/mol. The molecule has 0 bridgehead atoms. The highest BCUT2D eigenvalue weighted by atomic mass is 35.5. The van der Waals surface area contributed by atoms with Crippen LogP contribution in [0.3, 0.4) is 0 Å². The van der Waals surface area contributed by atoms with Crippen LogP contribution in [0.15, 0.2) is 34.1 Å². The molecule has 11 heteroatoms. The van der Waals surface area contributed by atoms with Gasteiger partial charge in [0.15, 0.2) is 16.4 Å². The first-order chi connectivity index (χ1) is 13.1. The Hall–Kier alpha value is -1.94. The van der Waals surface area contributed by atoms with Crippen LogP contribution in [0.5, 0.6) is 0 Å². The van der Waals surface area contributed by atoms with Crippen LogP contribution < -0.4 is 5.32 Å². The van der Waals surface area contributed by atoms with E-state index in [9.17, 15) is 12.8 Å². The molecule has 0 unspecified atom stereocenters. The van der Waals surface area contributed by atoms with Crippen molar-refractivity contribution in [2.45, 2.75) is 23.1 Å². The summed E-state index contributed by atoms with van der Waals surface area (Å²) in [6.45, 7) is 2.57. The molecule has 2 aromatic heterocycles.